The number of aromatic nitrogens is 3. The number of rotatable bonds is 8. The number of carbonyl (C=O) groups excluding carboxylic acids is 2. The number of hydrogen-bond acceptors (Lipinski definition) is 5. The minimum atomic E-state index is -0.149. The first-order valence-corrected chi connectivity index (χ1v) is 10.3. The Kier molecular flexibility index (Phi) is 6.56. The molecule has 1 saturated heterocycles. The predicted molar refractivity (Wildman–Crippen MR) is 110 cm³/mol. The van der Waals surface area contributed by atoms with E-state index in [0.717, 1.165) is 10.8 Å². The van der Waals surface area contributed by atoms with E-state index >= 15 is 0 Å². The molecule has 1 aromatic carbocycles. The van der Waals surface area contributed by atoms with Gasteiger partial charge in [-0.2, -0.15) is 0 Å². The number of hydrogen-bond donors (Lipinski definition) is 1. The van der Waals surface area contributed by atoms with E-state index < -0.39 is 0 Å². The Balaban J connectivity index is 1.44. The first kappa shape index (κ1) is 20.2. The Morgan fingerprint density at radius 1 is 1.25 bits per heavy atom. The fourth-order valence-corrected chi connectivity index (χ4v) is 3.72. The predicted octanol–water partition coefficient (Wildman–Crippen LogP) is 2.09. The van der Waals surface area contributed by atoms with Crippen LogP contribution >= 0.6 is 11.8 Å². The number of aryl methyl sites for hydroxylation is 1. The monoisotopic (exact) mass is 402 g/mol. The normalized spacial score (nSPS) is 14.2. The van der Waals surface area contributed by atoms with Crippen LogP contribution in [0.4, 0.5) is 10.5 Å². The van der Waals surface area contributed by atoms with Gasteiger partial charge in [0.1, 0.15) is 12.9 Å². The second-order valence-corrected chi connectivity index (χ2v) is 8.09. The number of amides is 3. The van der Waals surface area contributed by atoms with E-state index in [1.807, 2.05) is 23.7 Å². The van der Waals surface area contributed by atoms with Crippen molar-refractivity contribution in [3.63, 3.8) is 0 Å². The third-order valence-corrected chi connectivity index (χ3v) is 5.66. The second-order valence-electron chi connectivity index (χ2n) is 7.02. The molecule has 0 atom stereocenters. The molecule has 1 fully saturated rings. The molecule has 9 heteroatoms. The Bertz CT molecular complexity index is 820. The zero-order chi connectivity index (χ0) is 20.1. The van der Waals surface area contributed by atoms with Gasteiger partial charge in [-0.3, -0.25) is 9.69 Å². The van der Waals surface area contributed by atoms with E-state index in [1.165, 1.54) is 17.3 Å². The van der Waals surface area contributed by atoms with Crippen LogP contribution in [0.2, 0.25) is 0 Å². The third kappa shape index (κ3) is 4.83. The summed E-state index contributed by atoms with van der Waals surface area (Å²) in [7, 11) is 1.88. The highest BCUT2D eigenvalue weighted by molar-refractivity contribution is 7.99. The molecule has 0 unspecified atom stereocenters. The van der Waals surface area contributed by atoms with Gasteiger partial charge in [0.2, 0.25) is 5.91 Å². The molecular weight excluding hydrogens is 376 g/mol. The van der Waals surface area contributed by atoms with Crippen molar-refractivity contribution in [3.8, 4) is 0 Å². The number of benzene rings is 1. The zero-order valence-corrected chi connectivity index (χ0v) is 17.3. The van der Waals surface area contributed by atoms with E-state index in [-0.39, 0.29) is 18.5 Å². The molecule has 0 bridgehead atoms. The number of thioether (sulfide) groups is 1. The summed E-state index contributed by atoms with van der Waals surface area (Å²) in [5.74, 6) is 1.000. The van der Waals surface area contributed by atoms with Gasteiger partial charge < -0.3 is 14.8 Å². The van der Waals surface area contributed by atoms with Gasteiger partial charge in [0.15, 0.2) is 5.16 Å². The molecule has 150 valence electrons. The summed E-state index contributed by atoms with van der Waals surface area (Å²) < 4.78 is 1.83. The maximum Gasteiger partial charge on any atom is 0.325 e. The van der Waals surface area contributed by atoms with Crippen LogP contribution in [-0.4, -0.2) is 63.5 Å². The molecule has 3 amide bonds. The van der Waals surface area contributed by atoms with Crippen molar-refractivity contribution in [3.05, 3.63) is 36.2 Å². The van der Waals surface area contributed by atoms with Crippen LogP contribution in [0.25, 0.3) is 0 Å². The van der Waals surface area contributed by atoms with Crippen LogP contribution in [0.15, 0.2) is 35.7 Å². The molecule has 1 aliphatic heterocycles. The van der Waals surface area contributed by atoms with Crippen LogP contribution in [0.3, 0.4) is 0 Å². The minimum absolute atomic E-state index is 0.0774. The number of urea groups is 1. The summed E-state index contributed by atoms with van der Waals surface area (Å²) >= 11 is 1.53. The number of nitrogens with one attached hydrogen (secondary N) is 1. The van der Waals surface area contributed by atoms with Crippen molar-refractivity contribution >= 4 is 29.4 Å². The van der Waals surface area contributed by atoms with Crippen LogP contribution in [0.5, 0.6) is 0 Å². The van der Waals surface area contributed by atoms with E-state index in [4.69, 9.17) is 0 Å². The Morgan fingerprint density at radius 3 is 2.64 bits per heavy atom. The highest BCUT2D eigenvalue weighted by Gasteiger charge is 2.30. The first-order chi connectivity index (χ1) is 13.5. The average molecular weight is 403 g/mol. The standard InChI is InChI=1S/C19H26N6O2S/c1-14(2)15-4-6-16(7-5-15)25-10-9-24(19(25)27)12-17(26)20-8-11-28-18-22-21-13-23(18)3/h4-7,13-14H,8-12H2,1-3H3,(H,20,26). The van der Waals surface area contributed by atoms with Gasteiger partial charge in [0.25, 0.3) is 0 Å². The van der Waals surface area contributed by atoms with Crippen molar-refractivity contribution in [2.75, 3.05) is 36.8 Å². The van der Waals surface area contributed by atoms with Crippen LogP contribution < -0.4 is 10.2 Å². The lowest BCUT2D eigenvalue weighted by molar-refractivity contribution is -0.121. The number of nitrogens with zero attached hydrogens (tertiary/aromatic N) is 5. The topological polar surface area (TPSA) is 83.4 Å². The van der Waals surface area contributed by atoms with Crippen molar-refractivity contribution in [2.24, 2.45) is 7.05 Å². The average Bonchev–Trinajstić information content (AvgIpc) is 3.25. The maximum absolute atomic E-state index is 12.6. The first-order valence-electron chi connectivity index (χ1n) is 9.35. The Hall–Kier alpha value is -2.55. The van der Waals surface area contributed by atoms with Crippen LogP contribution in [0.1, 0.15) is 25.3 Å². The van der Waals surface area contributed by atoms with Crippen LogP contribution in [0, 0.1) is 0 Å². The van der Waals surface area contributed by atoms with Gasteiger partial charge in [-0.1, -0.05) is 37.7 Å². The van der Waals surface area contributed by atoms with Gasteiger partial charge in [0, 0.05) is 38.1 Å². The Labute approximate surface area is 169 Å². The lowest BCUT2D eigenvalue weighted by Crippen LogP contribution is -2.40. The minimum Gasteiger partial charge on any atom is -0.354 e. The Morgan fingerprint density at radius 2 is 2.00 bits per heavy atom. The molecule has 1 aromatic heterocycles. The van der Waals surface area contributed by atoms with Gasteiger partial charge in [-0.15, -0.1) is 10.2 Å². The second kappa shape index (κ2) is 9.09. The molecule has 0 radical (unpaired) electrons. The summed E-state index contributed by atoms with van der Waals surface area (Å²) in [5, 5.41) is 11.5. The summed E-state index contributed by atoms with van der Waals surface area (Å²) in [6.07, 6.45) is 1.64. The van der Waals surface area contributed by atoms with Crippen molar-refractivity contribution in [1.82, 2.24) is 25.0 Å². The molecule has 1 aliphatic rings. The molecular formula is C19H26N6O2S. The largest absolute Gasteiger partial charge is 0.354 e. The molecule has 0 saturated carbocycles. The van der Waals surface area contributed by atoms with Gasteiger partial charge in [-0.05, 0) is 23.6 Å². The van der Waals surface area contributed by atoms with Crippen molar-refractivity contribution in [1.29, 1.82) is 0 Å². The van der Waals surface area contributed by atoms with E-state index in [0.29, 0.717) is 31.3 Å². The number of anilines is 1. The highest BCUT2D eigenvalue weighted by atomic mass is 32.2. The molecule has 0 aliphatic carbocycles. The van der Waals surface area contributed by atoms with Crippen LogP contribution in [-0.2, 0) is 11.8 Å². The zero-order valence-electron chi connectivity index (χ0n) is 16.5. The number of carbonyl (C=O) groups is 2. The smallest absolute Gasteiger partial charge is 0.325 e. The van der Waals surface area contributed by atoms with E-state index in [9.17, 15) is 9.59 Å². The summed E-state index contributed by atoms with van der Waals surface area (Å²) in [6, 6.07) is 7.93. The van der Waals surface area contributed by atoms with E-state index in [1.54, 1.807) is 16.1 Å². The molecule has 8 nitrogen and oxygen atoms in total. The van der Waals surface area contributed by atoms with Gasteiger partial charge >= 0.3 is 6.03 Å². The molecule has 0 spiro atoms. The highest BCUT2D eigenvalue weighted by Crippen LogP contribution is 2.23. The van der Waals surface area contributed by atoms with Gasteiger partial charge in [0.05, 0.1) is 0 Å². The fourth-order valence-electron chi connectivity index (χ4n) is 2.97. The van der Waals surface area contributed by atoms with Gasteiger partial charge in [-0.25, -0.2) is 4.79 Å². The van der Waals surface area contributed by atoms with Crippen molar-refractivity contribution in [2.45, 2.75) is 24.9 Å². The summed E-state index contributed by atoms with van der Waals surface area (Å²) in [6.45, 7) is 6.01. The molecule has 3 rings (SSSR count). The fraction of sp³-hybridized carbons (Fsp3) is 0.474. The lowest BCUT2D eigenvalue weighted by Gasteiger charge is -2.19. The summed E-state index contributed by atoms with van der Waals surface area (Å²) in [5.41, 5.74) is 2.11. The summed E-state index contributed by atoms with van der Waals surface area (Å²) in [4.78, 5) is 28.1. The lowest BCUT2D eigenvalue weighted by atomic mass is 10.0. The molecule has 2 aromatic rings. The van der Waals surface area contributed by atoms with E-state index in [2.05, 4.69) is 41.5 Å². The maximum atomic E-state index is 12.6. The third-order valence-electron chi connectivity index (χ3n) is 4.63. The SMILES string of the molecule is CC(C)c1ccc(N2CCN(CC(=O)NCCSc3nncn3C)C2=O)cc1. The van der Waals surface area contributed by atoms with Crippen molar-refractivity contribution < 1.29 is 9.59 Å². The molecule has 28 heavy (non-hydrogen) atoms. The quantitative estimate of drug-likeness (QED) is 0.540. The molecule has 2 heterocycles. The molecule has 1 N–H and O–H groups in total.